The summed E-state index contributed by atoms with van der Waals surface area (Å²) in [4.78, 5) is 7.20. The summed E-state index contributed by atoms with van der Waals surface area (Å²) in [7, 11) is 0. The lowest BCUT2D eigenvalue weighted by molar-refractivity contribution is -0.0165. The molecule has 1 heterocycles. The van der Waals surface area contributed by atoms with Gasteiger partial charge in [-0.05, 0) is 27.2 Å². The van der Waals surface area contributed by atoms with Crippen LogP contribution in [0.1, 0.15) is 40.5 Å². The smallest absolute Gasteiger partial charge is 0.191 e. The quantitative estimate of drug-likeness (QED) is 0.422. The van der Waals surface area contributed by atoms with Gasteiger partial charge in [0.15, 0.2) is 5.96 Å². The van der Waals surface area contributed by atoms with Crippen LogP contribution in [0, 0.1) is 0 Å². The van der Waals surface area contributed by atoms with Crippen molar-refractivity contribution in [2.75, 3.05) is 39.4 Å². The third-order valence-electron chi connectivity index (χ3n) is 3.67. The first-order valence-electron chi connectivity index (χ1n) is 8.04. The van der Waals surface area contributed by atoms with Crippen molar-refractivity contribution in [1.29, 1.82) is 0 Å². The van der Waals surface area contributed by atoms with Gasteiger partial charge in [-0.1, -0.05) is 13.3 Å². The van der Waals surface area contributed by atoms with Gasteiger partial charge < -0.3 is 15.4 Å². The Bertz CT molecular complexity index is 283. The Balaban J connectivity index is 2.43. The number of nitrogens with one attached hydrogen (secondary N) is 2. The molecular weight excluding hydrogens is 252 g/mol. The number of guanidine groups is 1. The predicted molar refractivity (Wildman–Crippen MR) is 85.3 cm³/mol. The zero-order valence-corrected chi connectivity index (χ0v) is 13.6. The molecule has 0 spiro atoms. The number of morpholine rings is 1. The number of hydrogen-bond acceptors (Lipinski definition) is 3. The maximum atomic E-state index is 5.49. The van der Waals surface area contributed by atoms with Gasteiger partial charge in [0.25, 0.3) is 0 Å². The normalized spacial score (nSPS) is 22.6. The molecule has 20 heavy (non-hydrogen) atoms. The Labute approximate surface area is 124 Å². The molecule has 0 aromatic carbocycles. The zero-order chi connectivity index (χ0) is 14.8. The first-order chi connectivity index (χ1) is 9.69. The Kier molecular flexibility index (Phi) is 8.62. The first kappa shape index (κ1) is 17.2. The lowest BCUT2D eigenvalue weighted by atomic mass is 10.2. The molecule has 5 nitrogen and oxygen atoms in total. The van der Waals surface area contributed by atoms with Crippen molar-refractivity contribution >= 4 is 5.96 Å². The van der Waals surface area contributed by atoms with Crippen molar-refractivity contribution in [3.8, 4) is 0 Å². The molecule has 0 bridgehead atoms. The largest absolute Gasteiger partial charge is 0.379 e. The molecule has 0 aliphatic carbocycles. The standard InChI is InChI=1S/C15H32N4O/c1-5-7-8-17-15(16-6-2)18-11-13(3)19-9-10-20-12-14(19)4/h13-14H,5-12H2,1-4H3,(H2,16,17,18). The molecule has 0 aromatic heterocycles. The van der Waals surface area contributed by atoms with Crippen LogP contribution in [-0.4, -0.2) is 62.3 Å². The molecule has 1 aliphatic heterocycles. The molecule has 2 unspecified atom stereocenters. The second kappa shape index (κ2) is 10.00. The van der Waals surface area contributed by atoms with E-state index in [2.05, 4.69) is 43.2 Å². The van der Waals surface area contributed by atoms with Gasteiger partial charge in [-0.3, -0.25) is 9.89 Å². The minimum Gasteiger partial charge on any atom is -0.379 e. The number of ether oxygens (including phenoxy) is 1. The van der Waals surface area contributed by atoms with Gasteiger partial charge in [-0.25, -0.2) is 0 Å². The highest BCUT2D eigenvalue weighted by Crippen LogP contribution is 2.10. The van der Waals surface area contributed by atoms with Gasteiger partial charge in [0, 0.05) is 31.7 Å². The van der Waals surface area contributed by atoms with E-state index in [0.717, 1.165) is 45.4 Å². The van der Waals surface area contributed by atoms with E-state index >= 15 is 0 Å². The molecule has 2 atom stereocenters. The lowest BCUT2D eigenvalue weighted by Gasteiger charge is -2.37. The molecule has 1 fully saturated rings. The number of unbranched alkanes of at least 4 members (excludes halogenated alkanes) is 1. The summed E-state index contributed by atoms with van der Waals surface area (Å²) in [5, 5.41) is 6.69. The van der Waals surface area contributed by atoms with Crippen molar-refractivity contribution in [3.63, 3.8) is 0 Å². The molecular formula is C15H32N4O. The van der Waals surface area contributed by atoms with Crippen molar-refractivity contribution < 1.29 is 4.74 Å². The predicted octanol–water partition coefficient (Wildman–Crippen LogP) is 1.45. The van der Waals surface area contributed by atoms with Crippen LogP contribution in [0.3, 0.4) is 0 Å². The third kappa shape index (κ3) is 6.09. The summed E-state index contributed by atoms with van der Waals surface area (Å²) in [6, 6.07) is 0.945. The highest BCUT2D eigenvalue weighted by Gasteiger charge is 2.23. The first-order valence-corrected chi connectivity index (χ1v) is 8.04. The van der Waals surface area contributed by atoms with Crippen LogP contribution in [0.15, 0.2) is 4.99 Å². The Morgan fingerprint density at radius 1 is 1.40 bits per heavy atom. The lowest BCUT2D eigenvalue weighted by Crippen LogP contribution is -2.49. The molecule has 0 aromatic rings. The molecule has 0 amide bonds. The summed E-state index contributed by atoms with van der Waals surface area (Å²) in [6.07, 6.45) is 2.38. The van der Waals surface area contributed by atoms with Gasteiger partial charge in [-0.2, -0.15) is 0 Å². The van der Waals surface area contributed by atoms with Crippen molar-refractivity contribution in [1.82, 2.24) is 15.5 Å². The molecule has 0 saturated carbocycles. The van der Waals surface area contributed by atoms with Gasteiger partial charge in [0.2, 0.25) is 0 Å². The average Bonchev–Trinajstić information content (AvgIpc) is 2.45. The van der Waals surface area contributed by atoms with Crippen molar-refractivity contribution in [3.05, 3.63) is 0 Å². The molecule has 5 heteroatoms. The van der Waals surface area contributed by atoms with Crippen molar-refractivity contribution in [2.45, 2.75) is 52.6 Å². The topological polar surface area (TPSA) is 48.9 Å². The second-order valence-electron chi connectivity index (χ2n) is 5.51. The van der Waals surface area contributed by atoms with E-state index in [1.165, 1.54) is 12.8 Å². The number of aliphatic imine (C=N–C) groups is 1. The van der Waals surface area contributed by atoms with Gasteiger partial charge in [0.1, 0.15) is 0 Å². The van der Waals surface area contributed by atoms with Crippen LogP contribution in [0.4, 0.5) is 0 Å². The highest BCUT2D eigenvalue weighted by atomic mass is 16.5. The van der Waals surface area contributed by atoms with E-state index in [0.29, 0.717) is 12.1 Å². The van der Waals surface area contributed by atoms with E-state index in [1.807, 2.05) is 0 Å². The van der Waals surface area contributed by atoms with E-state index in [4.69, 9.17) is 9.73 Å². The zero-order valence-electron chi connectivity index (χ0n) is 13.6. The van der Waals surface area contributed by atoms with Gasteiger partial charge >= 0.3 is 0 Å². The average molecular weight is 284 g/mol. The van der Waals surface area contributed by atoms with E-state index in [9.17, 15) is 0 Å². The number of rotatable bonds is 7. The molecule has 1 rings (SSSR count). The molecule has 1 saturated heterocycles. The van der Waals surface area contributed by atoms with Gasteiger partial charge in [-0.15, -0.1) is 0 Å². The SMILES string of the molecule is CCCCNC(=NCC(C)N1CCOCC1C)NCC. The maximum absolute atomic E-state index is 5.49. The monoisotopic (exact) mass is 284 g/mol. The second-order valence-corrected chi connectivity index (χ2v) is 5.51. The minimum absolute atomic E-state index is 0.454. The van der Waals surface area contributed by atoms with Gasteiger partial charge in [0.05, 0.1) is 19.8 Å². The molecule has 2 N–H and O–H groups in total. The number of hydrogen-bond donors (Lipinski definition) is 2. The summed E-state index contributed by atoms with van der Waals surface area (Å²) in [5.74, 6) is 0.939. The summed E-state index contributed by atoms with van der Waals surface area (Å²) >= 11 is 0. The van der Waals surface area contributed by atoms with Crippen LogP contribution in [0.25, 0.3) is 0 Å². The third-order valence-corrected chi connectivity index (χ3v) is 3.67. The van der Waals surface area contributed by atoms with Crippen LogP contribution in [0.2, 0.25) is 0 Å². The molecule has 1 aliphatic rings. The Hall–Kier alpha value is -0.810. The minimum atomic E-state index is 0.454. The summed E-state index contributed by atoms with van der Waals surface area (Å²) < 4.78 is 5.49. The fourth-order valence-corrected chi connectivity index (χ4v) is 2.45. The van der Waals surface area contributed by atoms with Crippen LogP contribution < -0.4 is 10.6 Å². The van der Waals surface area contributed by atoms with E-state index < -0.39 is 0 Å². The summed E-state index contributed by atoms with van der Waals surface area (Å²) in [6.45, 7) is 14.2. The van der Waals surface area contributed by atoms with Crippen LogP contribution >= 0.6 is 0 Å². The fraction of sp³-hybridized carbons (Fsp3) is 0.933. The molecule has 118 valence electrons. The fourth-order valence-electron chi connectivity index (χ4n) is 2.45. The van der Waals surface area contributed by atoms with Crippen LogP contribution in [0.5, 0.6) is 0 Å². The van der Waals surface area contributed by atoms with Crippen molar-refractivity contribution in [2.24, 2.45) is 4.99 Å². The number of nitrogens with zero attached hydrogens (tertiary/aromatic N) is 2. The van der Waals surface area contributed by atoms with Crippen LogP contribution in [-0.2, 0) is 4.74 Å². The van der Waals surface area contributed by atoms with E-state index in [1.54, 1.807) is 0 Å². The summed E-state index contributed by atoms with van der Waals surface area (Å²) in [5.41, 5.74) is 0. The maximum Gasteiger partial charge on any atom is 0.191 e. The highest BCUT2D eigenvalue weighted by molar-refractivity contribution is 5.79. The Morgan fingerprint density at radius 3 is 2.85 bits per heavy atom. The molecule has 0 radical (unpaired) electrons. The Morgan fingerprint density at radius 2 is 2.20 bits per heavy atom. The van der Waals surface area contributed by atoms with E-state index in [-0.39, 0.29) is 0 Å².